The number of hydrogen-bond acceptors (Lipinski definition) is 2. The van der Waals surface area contributed by atoms with Gasteiger partial charge in [0.25, 0.3) is 0 Å². The zero-order valence-corrected chi connectivity index (χ0v) is 18.7. The van der Waals surface area contributed by atoms with E-state index in [0.29, 0.717) is 6.10 Å². The Hall–Kier alpha value is -0.130. The monoisotopic (exact) mass is 382 g/mol. The molecular formula is C24H46OS. The summed E-state index contributed by atoms with van der Waals surface area (Å²) < 4.78 is 5.56. The fraction of sp³-hybridized carbons (Fsp3) is 0.917. The van der Waals surface area contributed by atoms with E-state index in [2.05, 4.69) is 31.5 Å². The van der Waals surface area contributed by atoms with Gasteiger partial charge in [0.05, 0.1) is 6.10 Å². The molecule has 0 spiro atoms. The molecule has 0 rings (SSSR count). The van der Waals surface area contributed by atoms with Crippen molar-refractivity contribution in [3.8, 4) is 12.3 Å². The third-order valence-electron chi connectivity index (χ3n) is 4.74. The Balaban J connectivity index is 2.98. The highest BCUT2D eigenvalue weighted by Gasteiger charge is 1.96. The second-order valence-electron chi connectivity index (χ2n) is 7.79. The van der Waals surface area contributed by atoms with Gasteiger partial charge in [0.2, 0.25) is 0 Å². The molecule has 2 heteroatoms. The number of ether oxygens (including phenoxy) is 1. The zero-order valence-electron chi connectivity index (χ0n) is 17.9. The van der Waals surface area contributed by atoms with E-state index in [1.165, 1.54) is 108 Å². The van der Waals surface area contributed by atoms with Crippen molar-refractivity contribution in [1.82, 2.24) is 0 Å². The zero-order chi connectivity index (χ0) is 19.1. The SMILES string of the molecule is C#CCCCCCCCCCCCCCCCCSCCCOC(C)C. The predicted molar refractivity (Wildman–Crippen MR) is 121 cm³/mol. The summed E-state index contributed by atoms with van der Waals surface area (Å²) in [5, 5.41) is 0. The molecule has 0 radical (unpaired) electrons. The van der Waals surface area contributed by atoms with Crippen LogP contribution in [0.2, 0.25) is 0 Å². The Morgan fingerprint density at radius 1 is 0.654 bits per heavy atom. The summed E-state index contributed by atoms with van der Waals surface area (Å²) in [4.78, 5) is 0. The van der Waals surface area contributed by atoms with Gasteiger partial charge in [-0.2, -0.15) is 11.8 Å². The summed E-state index contributed by atoms with van der Waals surface area (Å²) in [6, 6.07) is 0. The van der Waals surface area contributed by atoms with Crippen LogP contribution in [0, 0.1) is 12.3 Å². The predicted octanol–water partition coefficient (Wildman–Crippen LogP) is 8.02. The standard InChI is InChI=1S/C24H46OS/c1-4-5-6-7-8-9-10-11-12-13-14-15-16-17-18-19-22-26-23-20-21-25-24(2)3/h1,24H,5-23H2,2-3H3. The molecule has 0 amide bonds. The smallest absolute Gasteiger partial charge is 0.0518 e. The minimum Gasteiger partial charge on any atom is -0.379 e. The highest BCUT2D eigenvalue weighted by molar-refractivity contribution is 7.99. The van der Waals surface area contributed by atoms with Gasteiger partial charge in [0, 0.05) is 13.0 Å². The largest absolute Gasteiger partial charge is 0.379 e. The maximum Gasteiger partial charge on any atom is 0.0518 e. The number of rotatable bonds is 21. The molecule has 26 heavy (non-hydrogen) atoms. The van der Waals surface area contributed by atoms with Crippen molar-refractivity contribution < 1.29 is 4.74 Å². The van der Waals surface area contributed by atoms with Crippen LogP contribution in [0.5, 0.6) is 0 Å². The van der Waals surface area contributed by atoms with Crippen molar-refractivity contribution in [2.45, 2.75) is 123 Å². The minimum atomic E-state index is 0.384. The first-order chi connectivity index (χ1) is 12.8. The van der Waals surface area contributed by atoms with E-state index in [1.807, 2.05) is 0 Å². The van der Waals surface area contributed by atoms with Crippen molar-refractivity contribution in [3.05, 3.63) is 0 Å². The van der Waals surface area contributed by atoms with Gasteiger partial charge >= 0.3 is 0 Å². The molecule has 0 aliphatic rings. The number of thioether (sulfide) groups is 1. The molecule has 0 aromatic rings. The normalized spacial score (nSPS) is 11.2. The van der Waals surface area contributed by atoms with Crippen LogP contribution in [0.1, 0.15) is 117 Å². The van der Waals surface area contributed by atoms with Gasteiger partial charge in [-0.1, -0.05) is 77.0 Å². The highest BCUT2D eigenvalue weighted by atomic mass is 32.2. The van der Waals surface area contributed by atoms with E-state index in [4.69, 9.17) is 11.2 Å². The lowest BCUT2D eigenvalue weighted by Crippen LogP contribution is -2.04. The molecule has 0 atom stereocenters. The fourth-order valence-electron chi connectivity index (χ4n) is 3.13. The van der Waals surface area contributed by atoms with Gasteiger partial charge in [-0.05, 0) is 44.6 Å². The molecule has 0 aromatic heterocycles. The van der Waals surface area contributed by atoms with Gasteiger partial charge in [0.1, 0.15) is 0 Å². The third-order valence-corrected chi connectivity index (χ3v) is 5.90. The number of unbranched alkanes of at least 4 members (excludes halogenated alkanes) is 14. The molecule has 0 aromatic carbocycles. The Labute approximate surface area is 169 Å². The molecule has 0 fully saturated rings. The van der Waals surface area contributed by atoms with Gasteiger partial charge in [-0.25, -0.2) is 0 Å². The van der Waals surface area contributed by atoms with Crippen LogP contribution in [0.15, 0.2) is 0 Å². The first-order valence-electron chi connectivity index (χ1n) is 11.4. The molecule has 0 N–H and O–H groups in total. The molecular weight excluding hydrogens is 336 g/mol. The Morgan fingerprint density at radius 3 is 1.54 bits per heavy atom. The quantitative estimate of drug-likeness (QED) is 0.147. The summed E-state index contributed by atoms with van der Waals surface area (Å²) in [6.07, 6.45) is 27.5. The molecule has 0 unspecified atom stereocenters. The molecule has 0 saturated heterocycles. The Morgan fingerprint density at radius 2 is 1.08 bits per heavy atom. The highest BCUT2D eigenvalue weighted by Crippen LogP contribution is 2.14. The first kappa shape index (κ1) is 25.9. The second kappa shape index (κ2) is 22.9. The maximum atomic E-state index is 5.56. The lowest BCUT2D eigenvalue weighted by Gasteiger charge is -2.07. The number of hydrogen-bond donors (Lipinski definition) is 0. The average molecular weight is 383 g/mol. The molecule has 0 aliphatic heterocycles. The molecule has 0 aliphatic carbocycles. The second-order valence-corrected chi connectivity index (χ2v) is 9.01. The van der Waals surface area contributed by atoms with E-state index in [1.54, 1.807) is 0 Å². The summed E-state index contributed by atoms with van der Waals surface area (Å²) in [6.45, 7) is 5.15. The minimum absolute atomic E-state index is 0.384. The maximum absolute atomic E-state index is 5.56. The van der Waals surface area contributed by atoms with E-state index < -0.39 is 0 Å². The lowest BCUT2D eigenvalue weighted by atomic mass is 10.0. The summed E-state index contributed by atoms with van der Waals surface area (Å²) in [7, 11) is 0. The fourth-order valence-corrected chi connectivity index (χ4v) is 4.07. The van der Waals surface area contributed by atoms with Crippen molar-refractivity contribution in [3.63, 3.8) is 0 Å². The molecule has 154 valence electrons. The van der Waals surface area contributed by atoms with E-state index >= 15 is 0 Å². The van der Waals surface area contributed by atoms with Crippen molar-refractivity contribution in [2.75, 3.05) is 18.1 Å². The average Bonchev–Trinajstić information content (AvgIpc) is 2.62. The lowest BCUT2D eigenvalue weighted by molar-refractivity contribution is 0.0800. The Kier molecular flexibility index (Phi) is 22.8. The van der Waals surface area contributed by atoms with Gasteiger partial charge in [0.15, 0.2) is 0 Å². The number of terminal acetylenes is 1. The van der Waals surface area contributed by atoms with Crippen molar-refractivity contribution in [2.24, 2.45) is 0 Å². The molecule has 0 bridgehead atoms. The molecule has 0 heterocycles. The molecule has 0 saturated carbocycles. The van der Waals surface area contributed by atoms with Crippen LogP contribution in [-0.4, -0.2) is 24.2 Å². The van der Waals surface area contributed by atoms with Crippen LogP contribution >= 0.6 is 11.8 Å². The van der Waals surface area contributed by atoms with Gasteiger partial charge in [-0.15, -0.1) is 12.3 Å². The summed E-state index contributed by atoms with van der Waals surface area (Å²) >= 11 is 2.10. The Bertz CT molecular complexity index is 295. The van der Waals surface area contributed by atoms with E-state index in [9.17, 15) is 0 Å². The van der Waals surface area contributed by atoms with Crippen LogP contribution in [0.4, 0.5) is 0 Å². The topological polar surface area (TPSA) is 9.23 Å². The van der Waals surface area contributed by atoms with E-state index in [0.717, 1.165) is 13.0 Å². The van der Waals surface area contributed by atoms with Crippen LogP contribution in [-0.2, 0) is 4.74 Å². The van der Waals surface area contributed by atoms with E-state index in [-0.39, 0.29) is 0 Å². The third kappa shape index (κ3) is 23.9. The summed E-state index contributed by atoms with van der Waals surface area (Å²) in [5.41, 5.74) is 0. The van der Waals surface area contributed by atoms with Crippen molar-refractivity contribution >= 4 is 11.8 Å². The molecule has 1 nitrogen and oxygen atoms in total. The van der Waals surface area contributed by atoms with Crippen LogP contribution in [0.3, 0.4) is 0 Å². The first-order valence-corrected chi connectivity index (χ1v) is 12.6. The van der Waals surface area contributed by atoms with Crippen molar-refractivity contribution in [1.29, 1.82) is 0 Å². The van der Waals surface area contributed by atoms with Gasteiger partial charge in [-0.3, -0.25) is 0 Å². The van der Waals surface area contributed by atoms with Crippen LogP contribution in [0.25, 0.3) is 0 Å². The van der Waals surface area contributed by atoms with Crippen LogP contribution < -0.4 is 0 Å². The summed E-state index contributed by atoms with van der Waals surface area (Å²) in [5.74, 6) is 5.32. The van der Waals surface area contributed by atoms with Gasteiger partial charge < -0.3 is 4.74 Å².